The summed E-state index contributed by atoms with van der Waals surface area (Å²) in [4.78, 5) is 19.7. The highest BCUT2D eigenvalue weighted by Gasteiger charge is 2.32. The van der Waals surface area contributed by atoms with Gasteiger partial charge >= 0.3 is 6.36 Å². The molecule has 0 saturated carbocycles. The van der Waals surface area contributed by atoms with Crippen LogP contribution in [-0.2, 0) is 11.2 Å². The summed E-state index contributed by atoms with van der Waals surface area (Å²) in [5.41, 5.74) is 0.922. The summed E-state index contributed by atoms with van der Waals surface area (Å²) in [6.07, 6.45) is -3.62. The number of nitrogens with one attached hydrogen (secondary N) is 1. The van der Waals surface area contributed by atoms with Crippen LogP contribution >= 0.6 is 0 Å². The second-order valence-corrected chi connectivity index (χ2v) is 5.65. The van der Waals surface area contributed by atoms with Gasteiger partial charge in [0, 0.05) is 11.8 Å². The number of hydrogen-bond donors (Lipinski definition) is 1. The van der Waals surface area contributed by atoms with E-state index in [-0.39, 0.29) is 23.6 Å². The van der Waals surface area contributed by atoms with Crippen LogP contribution in [0.5, 0.6) is 5.75 Å². The van der Waals surface area contributed by atoms with Crippen LogP contribution in [0.4, 0.5) is 23.4 Å². The van der Waals surface area contributed by atoms with E-state index in [0.717, 1.165) is 6.07 Å². The van der Waals surface area contributed by atoms with Gasteiger partial charge in [-0.15, -0.1) is 13.2 Å². The normalized spacial score (nSPS) is 11.1. The molecule has 0 aliphatic heterocycles. The summed E-state index contributed by atoms with van der Waals surface area (Å²) in [7, 11) is 0. The van der Waals surface area contributed by atoms with Crippen molar-refractivity contribution in [2.75, 3.05) is 5.32 Å². The van der Waals surface area contributed by atoms with Crippen molar-refractivity contribution in [1.82, 2.24) is 9.97 Å². The van der Waals surface area contributed by atoms with Gasteiger partial charge in [-0.25, -0.2) is 4.98 Å². The fourth-order valence-corrected chi connectivity index (χ4v) is 2.49. The third-order valence-electron chi connectivity index (χ3n) is 3.56. The van der Waals surface area contributed by atoms with Crippen molar-refractivity contribution in [2.45, 2.75) is 12.8 Å². The number of benzene rings is 1. The lowest BCUT2D eigenvalue weighted by atomic mass is 10.0. The predicted molar refractivity (Wildman–Crippen MR) is 92.9 cm³/mol. The van der Waals surface area contributed by atoms with E-state index in [9.17, 15) is 22.4 Å². The van der Waals surface area contributed by atoms with Gasteiger partial charge in [0.2, 0.25) is 11.9 Å². The largest absolute Gasteiger partial charge is 0.573 e. The number of aromatic nitrogens is 2. The first-order chi connectivity index (χ1) is 13.3. The molecule has 0 atom stereocenters. The fraction of sp³-hybridized carbons (Fsp3) is 0.105. The van der Waals surface area contributed by atoms with Gasteiger partial charge in [0.25, 0.3) is 0 Å². The molecule has 0 radical (unpaired) electrons. The van der Waals surface area contributed by atoms with Crippen LogP contribution in [0.2, 0.25) is 0 Å². The fourth-order valence-electron chi connectivity index (χ4n) is 2.49. The van der Waals surface area contributed by atoms with E-state index in [0.29, 0.717) is 11.3 Å². The Morgan fingerprint density at radius 3 is 2.61 bits per heavy atom. The molecule has 2 heterocycles. The second-order valence-electron chi connectivity index (χ2n) is 5.65. The van der Waals surface area contributed by atoms with Crippen LogP contribution in [-0.4, -0.2) is 22.2 Å². The number of nitrogens with zero attached hydrogens (tertiary/aromatic N) is 2. The number of pyridine rings is 2. The minimum Gasteiger partial charge on any atom is -0.405 e. The maximum absolute atomic E-state index is 13.1. The Bertz CT molecular complexity index is 993. The molecule has 1 amide bonds. The summed E-state index contributed by atoms with van der Waals surface area (Å²) in [5.74, 6) is -1.55. The molecule has 5 nitrogen and oxygen atoms in total. The lowest BCUT2D eigenvalue weighted by molar-refractivity contribution is -0.274. The lowest BCUT2D eigenvalue weighted by Gasteiger charge is -2.13. The molecule has 0 aliphatic carbocycles. The highest BCUT2D eigenvalue weighted by atomic mass is 19.4. The van der Waals surface area contributed by atoms with Gasteiger partial charge < -0.3 is 10.1 Å². The van der Waals surface area contributed by atoms with Crippen molar-refractivity contribution in [3.8, 4) is 16.9 Å². The molecule has 0 saturated heterocycles. The monoisotopic (exact) mass is 391 g/mol. The molecule has 0 fully saturated rings. The standard InChI is InChI=1S/C19H13F4N3O2/c20-16-6-3-7-17(25-16)26-18(27)11-13-10-12(8-9-24-13)14-4-1-2-5-15(14)28-19(21,22)23/h1-10H,11H2,(H,25,26,27). The zero-order valence-corrected chi connectivity index (χ0v) is 14.2. The Morgan fingerprint density at radius 1 is 1.07 bits per heavy atom. The highest BCUT2D eigenvalue weighted by Crippen LogP contribution is 2.33. The summed E-state index contributed by atoms with van der Waals surface area (Å²) in [5, 5.41) is 2.43. The number of carbonyl (C=O) groups excluding carboxylic acids is 1. The minimum absolute atomic E-state index is 0.0464. The number of halogens is 4. The van der Waals surface area contributed by atoms with Crippen molar-refractivity contribution in [2.24, 2.45) is 0 Å². The van der Waals surface area contributed by atoms with E-state index < -0.39 is 18.2 Å². The molecule has 0 aliphatic rings. The van der Waals surface area contributed by atoms with E-state index in [1.165, 1.54) is 48.7 Å². The topological polar surface area (TPSA) is 64.1 Å². The third kappa shape index (κ3) is 5.26. The molecule has 28 heavy (non-hydrogen) atoms. The number of amides is 1. The number of anilines is 1. The summed E-state index contributed by atoms with van der Waals surface area (Å²) < 4.78 is 54.9. The van der Waals surface area contributed by atoms with Crippen molar-refractivity contribution >= 4 is 11.7 Å². The van der Waals surface area contributed by atoms with Crippen LogP contribution in [0.25, 0.3) is 11.1 Å². The van der Waals surface area contributed by atoms with Crippen molar-refractivity contribution in [1.29, 1.82) is 0 Å². The van der Waals surface area contributed by atoms with Gasteiger partial charge in [-0.05, 0) is 35.9 Å². The molecule has 0 spiro atoms. The highest BCUT2D eigenvalue weighted by molar-refractivity contribution is 5.91. The first-order valence-corrected chi connectivity index (χ1v) is 8.03. The van der Waals surface area contributed by atoms with Crippen LogP contribution in [0.3, 0.4) is 0 Å². The van der Waals surface area contributed by atoms with Crippen molar-refractivity contribution in [3.63, 3.8) is 0 Å². The van der Waals surface area contributed by atoms with Gasteiger partial charge in [-0.1, -0.05) is 24.3 Å². The molecule has 2 aromatic heterocycles. The van der Waals surface area contributed by atoms with E-state index in [2.05, 4.69) is 20.0 Å². The number of alkyl halides is 3. The maximum Gasteiger partial charge on any atom is 0.573 e. The average Bonchev–Trinajstić information content (AvgIpc) is 2.61. The van der Waals surface area contributed by atoms with Gasteiger partial charge in [0.15, 0.2) is 0 Å². The Hall–Kier alpha value is -3.49. The third-order valence-corrected chi connectivity index (χ3v) is 3.56. The van der Waals surface area contributed by atoms with Crippen LogP contribution in [0, 0.1) is 5.95 Å². The number of ether oxygens (including phenoxy) is 1. The van der Waals surface area contributed by atoms with Crippen molar-refractivity contribution < 1.29 is 27.1 Å². The van der Waals surface area contributed by atoms with Gasteiger partial charge in [-0.2, -0.15) is 4.39 Å². The van der Waals surface area contributed by atoms with Crippen LogP contribution in [0.15, 0.2) is 60.8 Å². The first kappa shape index (κ1) is 19.3. The molecule has 9 heteroatoms. The number of rotatable bonds is 5. The van der Waals surface area contributed by atoms with E-state index in [1.807, 2.05) is 0 Å². The zero-order valence-electron chi connectivity index (χ0n) is 14.2. The Kier molecular flexibility index (Phi) is 5.53. The van der Waals surface area contributed by atoms with Crippen LogP contribution in [0.1, 0.15) is 5.69 Å². The predicted octanol–water partition coefficient (Wildman–Crippen LogP) is 4.36. The molecule has 0 unspecified atom stereocenters. The van der Waals surface area contributed by atoms with E-state index >= 15 is 0 Å². The van der Waals surface area contributed by atoms with Crippen LogP contribution < -0.4 is 10.1 Å². The molecule has 3 aromatic rings. The van der Waals surface area contributed by atoms with Gasteiger partial charge in [0.05, 0.1) is 12.1 Å². The smallest absolute Gasteiger partial charge is 0.405 e. The second kappa shape index (κ2) is 8.03. The number of hydrogen-bond acceptors (Lipinski definition) is 4. The number of para-hydroxylation sites is 1. The van der Waals surface area contributed by atoms with Crippen molar-refractivity contribution in [3.05, 3.63) is 72.4 Å². The SMILES string of the molecule is O=C(Cc1cc(-c2ccccc2OC(F)(F)F)ccn1)Nc1cccc(F)n1. The molecule has 1 N–H and O–H groups in total. The average molecular weight is 391 g/mol. The molecular weight excluding hydrogens is 378 g/mol. The Balaban J connectivity index is 1.79. The van der Waals surface area contributed by atoms with E-state index in [1.54, 1.807) is 6.07 Å². The molecule has 144 valence electrons. The molecule has 1 aromatic carbocycles. The lowest BCUT2D eigenvalue weighted by Crippen LogP contribution is -2.17. The molecule has 3 rings (SSSR count). The zero-order chi connectivity index (χ0) is 20.1. The summed E-state index contributed by atoms with van der Waals surface area (Å²) in [6, 6.07) is 12.6. The first-order valence-electron chi connectivity index (χ1n) is 8.03. The quantitative estimate of drug-likeness (QED) is 0.518. The summed E-state index contributed by atoms with van der Waals surface area (Å²) in [6.45, 7) is 0. The van der Waals surface area contributed by atoms with E-state index in [4.69, 9.17) is 0 Å². The number of carbonyl (C=O) groups is 1. The minimum atomic E-state index is -4.83. The maximum atomic E-state index is 13.1. The molecule has 0 bridgehead atoms. The Morgan fingerprint density at radius 2 is 1.86 bits per heavy atom. The summed E-state index contributed by atoms with van der Waals surface area (Å²) >= 11 is 0. The van der Waals surface area contributed by atoms with Gasteiger partial charge in [-0.3, -0.25) is 9.78 Å². The Labute approximate surface area is 157 Å². The van der Waals surface area contributed by atoms with Gasteiger partial charge in [0.1, 0.15) is 11.6 Å². The molecular formula is C19H13F4N3O2.